The van der Waals surface area contributed by atoms with E-state index in [2.05, 4.69) is 60.0 Å². The summed E-state index contributed by atoms with van der Waals surface area (Å²) in [4.78, 5) is 9.51. The molecule has 0 aromatic heterocycles. The molecule has 0 amide bonds. The van der Waals surface area contributed by atoms with Crippen molar-refractivity contribution in [3.8, 4) is 0 Å². The van der Waals surface area contributed by atoms with Crippen LogP contribution in [-0.4, -0.2) is 74.7 Å². The van der Waals surface area contributed by atoms with Gasteiger partial charge in [-0.25, -0.2) is 0 Å². The van der Waals surface area contributed by atoms with Crippen molar-refractivity contribution in [1.29, 1.82) is 0 Å². The van der Waals surface area contributed by atoms with E-state index in [1.165, 1.54) is 58.4 Å². The molecule has 5 nitrogen and oxygen atoms in total. The lowest BCUT2D eigenvalue weighted by Crippen LogP contribution is -2.53. The Labute approximate surface area is 156 Å². The van der Waals surface area contributed by atoms with E-state index in [4.69, 9.17) is 0 Å². The second-order valence-corrected chi connectivity index (χ2v) is 8.25. The molecule has 0 aromatic rings. The summed E-state index contributed by atoms with van der Waals surface area (Å²) in [7, 11) is 1.87. The van der Waals surface area contributed by atoms with Crippen molar-refractivity contribution < 1.29 is 0 Å². The van der Waals surface area contributed by atoms with Crippen molar-refractivity contribution in [1.82, 2.24) is 20.4 Å². The van der Waals surface area contributed by atoms with Gasteiger partial charge in [-0.2, -0.15) is 0 Å². The first kappa shape index (κ1) is 22.2. The van der Waals surface area contributed by atoms with Crippen molar-refractivity contribution in [3.63, 3.8) is 0 Å². The highest BCUT2D eigenvalue weighted by Gasteiger charge is 2.21. The van der Waals surface area contributed by atoms with E-state index in [0.29, 0.717) is 11.5 Å². The molecule has 1 rings (SSSR count). The first-order chi connectivity index (χ1) is 11.9. The summed E-state index contributed by atoms with van der Waals surface area (Å²) in [6.07, 6.45) is 5.21. The van der Waals surface area contributed by atoms with Gasteiger partial charge in [0, 0.05) is 52.4 Å². The molecule has 1 heterocycles. The monoisotopic (exact) mass is 353 g/mol. The van der Waals surface area contributed by atoms with E-state index in [1.54, 1.807) is 0 Å². The molecule has 1 saturated heterocycles. The molecule has 1 aliphatic heterocycles. The Morgan fingerprint density at radius 3 is 2.32 bits per heavy atom. The van der Waals surface area contributed by atoms with E-state index in [9.17, 15) is 0 Å². The Morgan fingerprint density at radius 1 is 1.08 bits per heavy atom. The van der Waals surface area contributed by atoms with Crippen LogP contribution in [0.5, 0.6) is 0 Å². The zero-order valence-electron chi connectivity index (χ0n) is 17.7. The topological polar surface area (TPSA) is 42.9 Å². The molecule has 1 fully saturated rings. The fourth-order valence-corrected chi connectivity index (χ4v) is 3.38. The summed E-state index contributed by atoms with van der Waals surface area (Å²) in [6, 6.07) is 0.537. The summed E-state index contributed by atoms with van der Waals surface area (Å²) < 4.78 is 0. The Kier molecular flexibility index (Phi) is 10.4. The number of hydrogen-bond donors (Lipinski definition) is 2. The molecule has 0 aromatic carbocycles. The van der Waals surface area contributed by atoms with Crippen LogP contribution in [-0.2, 0) is 0 Å². The molecule has 2 N–H and O–H groups in total. The number of nitrogens with zero attached hydrogens (tertiary/aromatic N) is 3. The third-order valence-electron chi connectivity index (χ3n) is 5.46. The lowest BCUT2D eigenvalue weighted by molar-refractivity contribution is 0.107. The molecular formula is C20H43N5. The Balaban J connectivity index is 2.29. The average Bonchev–Trinajstić information content (AvgIpc) is 2.61. The second kappa shape index (κ2) is 11.7. The number of piperazine rings is 1. The third kappa shape index (κ3) is 8.91. The number of nitrogens with one attached hydrogen (secondary N) is 2. The van der Waals surface area contributed by atoms with Gasteiger partial charge in [0.15, 0.2) is 5.96 Å². The highest BCUT2D eigenvalue weighted by atomic mass is 15.3. The smallest absolute Gasteiger partial charge is 0.191 e. The number of rotatable bonds is 10. The zero-order valence-corrected chi connectivity index (χ0v) is 17.7. The molecule has 25 heavy (non-hydrogen) atoms. The minimum absolute atomic E-state index is 0.314. The minimum atomic E-state index is 0.314. The van der Waals surface area contributed by atoms with Crippen LogP contribution in [0.15, 0.2) is 4.99 Å². The van der Waals surface area contributed by atoms with Crippen LogP contribution in [0, 0.1) is 5.41 Å². The normalized spacial score (nSPS) is 19.0. The van der Waals surface area contributed by atoms with Gasteiger partial charge in [-0.15, -0.1) is 0 Å². The van der Waals surface area contributed by atoms with Gasteiger partial charge in [0.25, 0.3) is 0 Å². The van der Waals surface area contributed by atoms with E-state index in [0.717, 1.165) is 19.0 Å². The Bertz CT molecular complexity index is 372. The molecule has 0 aliphatic carbocycles. The molecule has 0 radical (unpaired) electrons. The SMILES string of the molecule is CCCCCC(C)(C)CNC(=NC)NCC(C)N1CCN(CC)CC1. The highest BCUT2D eigenvalue weighted by molar-refractivity contribution is 5.79. The lowest BCUT2D eigenvalue weighted by atomic mass is 9.87. The van der Waals surface area contributed by atoms with Crippen LogP contribution < -0.4 is 10.6 Å². The molecule has 0 saturated carbocycles. The maximum Gasteiger partial charge on any atom is 0.191 e. The van der Waals surface area contributed by atoms with Gasteiger partial charge < -0.3 is 15.5 Å². The van der Waals surface area contributed by atoms with E-state index >= 15 is 0 Å². The van der Waals surface area contributed by atoms with Gasteiger partial charge in [-0.05, 0) is 25.3 Å². The first-order valence-electron chi connectivity index (χ1n) is 10.3. The van der Waals surface area contributed by atoms with Gasteiger partial charge in [0.1, 0.15) is 0 Å². The van der Waals surface area contributed by atoms with Crippen LogP contribution in [0.3, 0.4) is 0 Å². The van der Waals surface area contributed by atoms with E-state index in [1.807, 2.05) is 7.05 Å². The third-order valence-corrected chi connectivity index (χ3v) is 5.46. The summed E-state index contributed by atoms with van der Waals surface area (Å²) in [5, 5.41) is 7.04. The molecule has 0 spiro atoms. The highest BCUT2D eigenvalue weighted by Crippen LogP contribution is 2.22. The van der Waals surface area contributed by atoms with Crippen molar-refractivity contribution >= 4 is 5.96 Å². The summed E-state index contributed by atoms with van der Waals surface area (Å²) >= 11 is 0. The minimum Gasteiger partial charge on any atom is -0.356 e. The predicted molar refractivity (Wildman–Crippen MR) is 110 cm³/mol. The van der Waals surface area contributed by atoms with Crippen LogP contribution >= 0.6 is 0 Å². The maximum atomic E-state index is 4.40. The number of hydrogen-bond acceptors (Lipinski definition) is 3. The van der Waals surface area contributed by atoms with E-state index in [-0.39, 0.29) is 0 Å². The van der Waals surface area contributed by atoms with Crippen molar-refractivity contribution in [3.05, 3.63) is 0 Å². The Morgan fingerprint density at radius 2 is 1.76 bits per heavy atom. The largest absolute Gasteiger partial charge is 0.356 e. The first-order valence-corrected chi connectivity index (χ1v) is 10.3. The summed E-state index contributed by atoms with van der Waals surface area (Å²) in [6.45, 7) is 19.3. The fourth-order valence-electron chi connectivity index (χ4n) is 3.38. The molecule has 1 atom stereocenters. The molecule has 148 valence electrons. The van der Waals surface area contributed by atoms with Crippen LogP contribution in [0.2, 0.25) is 0 Å². The zero-order chi connectivity index (χ0) is 18.7. The summed E-state index contributed by atoms with van der Waals surface area (Å²) in [5.41, 5.74) is 0.314. The van der Waals surface area contributed by atoms with Crippen molar-refractivity contribution in [2.45, 2.75) is 66.3 Å². The summed E-state index contributed by atoms with van der Waals surface area (Å²) in [5.74, 6) is 0.933. The predicted octanol–water partition coefficient (Wildman–Crippen LogP) is 2.78. The number of likely N-dealkylation sites (N-methyl/N-ethyl adjacent to an activating group) is 1. The number of unbranched alkanes of at least 4 members (excludes halogenated alkanes) is 2. The van der Waals surface area contributed by atoms with Gasteiger partial charge in [0.2, 0.25) is 0 Å². The average molecular weight is 354 g/mol. The molecule has 0 bridgehead atoms. The van der Waals surface area contributed by atoms with Gasteiger partial charge in [0.05, 0.1) is 0 Å². The van der Waals surface area contributed by atoms with Crippen LogP contribution in [0.25, 0.3) is 0 Å². The van der Waals surface area contributed by atoms with Crippen LogP contribution in [0.4, 0.5) is 0 Å². The fraction of sp³-hybridized carbons (Fsp3) is 0.950. The van der Waals surface area contributed by atoms with Gasteiger partial charge >= 0.3 is 0 Å². The Hall–Kier alpha value is -0.810. The standard InChI is InChI=1S/C20H43N5/c1-7-9-10-11-20(4,5)17-23-19(21-6)22-16-18(3)25-14-12-24(8-2)13-15-25/h18H,7-17H2,1-6H3,(H2,21,22,23). The molecule has 1 unspecified atom stereocenters. The van der Waals surface area contributed by atoms with Gasteiger partial charge in [-0.3, -0.25) is 9.89 Å². The number of aliphatic imine (C=N–C) groups is 1. The lowest BCUT2D eigenvalue weighted by Gasteiger charge is -2.37. The van der Waals surface area contributed by atoms with E-state index < -0.39 is 0 Å². The number of guanidine groups is 1. The van der Waals surface area contributed by atoms with Crippen molar-refractivity contribution in [2.75, 3.05) is 52.9 Å². The second-order valence-electron chi connectivity index (χ2n) is 8.25. The molecule has 5 heteroatoms. The molecular weight excluding hydrogens is 310 g/mol. The van der Waals surface area contributed by atoms with Gasteiger partial charge in [-0.1, -0.05) is 47.0 Å². The van der Waals surface area contributed by atoms with Crippen LogP contribution in [0.1, 0.15) is 60.3 Å². The van der Waals surface area contributed by atoms with Crippen molar-refractivity contribution in [2.24, 2.45) is 10.4 Å². The maximum absolute atomic E-state index is 4.40. The quantitative estimate of drug-likeness (QED) is 0.360. The molecule has 1 aliphatic rings.